The second-order valence-electron chi connectivity index (χ2n) is 4.31. The van der Waals surface area contributed by atoms with Crippen LogP contribution in [0.15, 0.2) is 29.1 Å². The number of aromatic amines is 1. The van der Waals surface area contributed by atoms with Crippen LogP contribution in [0, 0.1) is 0 Å². The maximum atomic E-state index is 11.8. The number of rotatable bonds is 2. The Labute approximate surface area is 113 Å². The van der Waals surface area contributed by atoms with Crippen molar-refractivity contribution in [2.45, 2.75) is 0 Å². The van der Waals surface area contributed by atoms with Gasteiger partial charge < -0.3 is 19.6 Å². The van der Waals surface area contributed by atoms with Crippen LogP contribution in [-0.4, -0.2) is 29.3 Å². The molecule has 2 aromatic rings. The zero-order valence-electron chi connectivity index (χ0n) is 10.4. The van der Waals surface area contributed by atoms with E-state index in [4.69, 9.17) is 14.6 Å². The van der Waals surface area contributed by atoms with Crippen molar-refractivity contribution in [1.82, 2.24) is 4.98 Å². The molecule has 0 saturated heterocycles. The molecule has 0 bridgehead atoms. The summed E-state index contributed by atoms with van der Waals surface area (Å²) in [6.45, 7) is 0.954. The largest absolute Gasteiger partial charge is 0.486 e. The van der Waals surface area contributed by atoms with Gasteiger partial charge in [-0.25, -0.2) is 4.79 Å². The normalized spacial score (nSPS) is 13.8. The summed E-state index contributed by atoms with van der Waals surface area (Å²) in [5.74, 6) is 0.101. The lowest BCUT2D eigenvalue weighted by Crippen LogP contribution is -2.16. The highest BCUT2D eigenvalue weighted by Gasteiger charge is 2.13. The van der Waals surface area contributed by atoms with Crippen molar-refractivity contribution < 1.29 is 19.4 Å². The molecule has 0 spiro atoms. The summed E-state index contributed by atoms with van der Waals surface area (Å²) in [6.07, 6.45) is 2.19. The minimum Gasteiger partial charge on any atom is -0.486 e. The second kappa shape index (κ2) is 4.73. The number of H-pyrrole nitrogens is 1. The van der Waals surface area contributed by atoms with Gasteiger partial charge in [-0.05, 0) is 18.2 Å². The van der Waals surface area contributed by atoms with E-state index >= 15 is 0 Å². The zero-order chi connectivity index (χ0) is 14.1. The minimum absolute atomic E-state index is 0.275. The van der Waals surface area contributed by atoms with E-state index in [-0.39, 0.29) is 11.1 Å². The van der Waals surface area contributed by atoms with Crippen LogP contribution in [0.5, 0.6) is 11.5 Å². The van der Waals surface area contributed by atoms with E-state index < -0.39 is 5.97 Å². The van der Waals surface area contributed by atoms with E-state index in [0.717, 1.165) is 11.5 Å². The molecular weight excluding hydrogens is 262 g/mol. The quantitative estimate of drug-likeness (QED) is 0.807. The first-order valence-electron chi connectivity index (χ1n) is 6.01. The summed E-state index contributed by atoms with van der Waals surface area (Å²) in [5, 5.41) is 9.35. The van der Waals surface area contributed by atoms with Crippen LogP contribution >= 0.6 is 0 Å². The maximum absolute atomic E-state index is 11.8. The van der Waals surface area contributed by atoms with Gasteiger partial charge in [0.25, 0.3) is 5.56 Å². The molecule has 1 aliphatic rings. The summed E-state index contributed by atoms with van der Waals surface area (Å²) in [6, 6.07) is 5.08. The lowest BCUT2D eigenvalue weighted by molar-refractivity contribution is -0.131. The Balaban J connectivity index is 2.14. The van der Waals surface area contributed by atoms with Crippen LogP contribution in [0.2, 0.25) is 0 Å². The first-order chi connectivity index (χ1) is 9.63. The lowest BCUT2D eigenvalue weighted by Gasteiger charge is -2.18. The van der Waals surface area contributed by atoms with Gasteiger partial charge in [-0.1, -0.05) is 0 Å². The predicted molar refractivity (Wildman–Crippen MR) is 72.2 cm³/mol. The average molecular weight is 273 g/mol. The predicted octanol–water partition coefficient (Wildman–Crippen LogP) is 1.40. The molecule has 102 valence electrons. The SMILES string of the molecule is O=C(O)/C=C/c1cc2cc3c(cc2[nH]c1=O)OCCO3. The Morgan fingerprint density at radius 2 is 1.90 bits per heavy atom. The summed E-state index contributed by atoms with van der Waals surface area (Å²) < 4.78 is 10.9. The number of hydrogen-bond acceptors (Lipinski definition) is 4. The number of fused-ring (bicyclic) bond motifs is 2. The van der Waals surface area contributed by atoms with Crippen molar-refractivity contribution in [3.8, 4) is 11.5 Å². The van der Waals surface area contributed by atoms with Gasteiger partial charge in [-0.3, -0.25) is 4.79 Å². The van der Waals surface area contributed by atoms with Gasteiger partial charge in [0.2, 0.25) is 0 Å². The monoisotopic (exact) mass is 273 g/mol. The molecule has 0 saturated carbocycles. The van der Waals surface area contributed by atoms with E-state index in [1.807, 2.05) is 0 Å². The number of aromatic nitrogens is 1. The fourth-order valence-electron chi connectivity index (χ4n) is 2.04. The molecule has 0 radical (unpaired) electrons. The van der Waals surface area contributed by atoms with Crippen molar-refractivity contribution in [2.24, 2.45) is 0 Å². The Bertz CT molecular complexity index is 775. The first kappa shape index (κ1) is 12.3. The molecule has 3 rings (SSSR count). The van der Waals surface area contributed by atoms with Crippen LogP contribution in [0.1, 0.15) is 5.56 Å². The molecule has 0 unspecified atom stereocenters. The van der Waals surface area contributed by atoms with Crippen molar-refractivity contribution in [2.75, 3.05) is 13.2 Å². The number of carbonyl (C=O) groups is 1. The highest BCUT2D eigenvalue weighted by atomic mass is 16.6. The van der Waals surface area contributed by atoms with E-state index in [9.17, 15) is 9.59 Å². The van der Waals surface area contributed by atoms with Crippen LogP contribution < -0.4 is 15.0 Å². The first-order valence-corrected chi connectivity index (χ1v) is 6.01. The van der Waals surface area contributed by atoms with Crippen LogP contribution in [0.4, 0.5) is 0 Å². The van der Waals surface area contributed by atoms with Gasteiger partial charge >= 0.3 is 5.97 Å². The van der Waals surface area contributed by atoms with E-state index in [1.165, 1.54) is 6.08 Å². The topological polar surface area (TPSA) is 88.6 Å². The van der Waals surface area contributed by atoms with Crippen molar-refractivity contribution >= 4 is 22.9 Å². The van der Waals surface area contributed by atoms with E-state index in [0.29, 0.717) is 30.2 Å². The Morgan fingerprint density at radius 3 is 2.60 bits per heavy atom. The third kappa shape index (κ3) is 2.23. The summed E-state index contributed by atoms with van der Waals surface area (Å²) in [5.41, 5.74) is 0.537. The average Bonchev–Trinajstić information content (AvgIpc) is 2.43. The molecule has 1 aromatic carbocycles. The minimum atomic E-state index is -1.10. The fourth-order valence-corrected chi connectivity index (χ4v) is 2.04. The highest BCUT2D eigenvalue weighted by molar-refractivity contribution is 5.88. The number of benzene rings is 1. The smallest absolute Gasteiger partial charge is 0.328 e. The molecule has 0 atom stereocenters. The number of hydrogen-bond donors (Lipinski definition) is 2. The Morgan fingerprint density at radius 1 is 1.20 bits per heavy atom. The molecule has 6 nitrogen and oxygen atoms in total. The number of aliphatic carboxylic acids is 1. The molecule has 1 aromatic heterocycles. The molecule has 0 fully saturated rings. The van der Waals surface area contributed by atoms with Gasteiger partial charge in [0.1, 0.15) is 13.2 Å². The number of nitrogens with one attached hydrogen (secondary N) is 1. The fraction of sp³-hybridized carbons (Fsp3) is 0.143. The van der Waals surface area contributed by atoms with Crippen molar-refractivity contribution in [3.05, 3.63) is 40.2 Å². The third-order valence-electron chi connectivity index (χ3n) is 2.94. The van der Waals surface area contributed by atoms with Crippen molar-refractivity contribution in [1.29, 1.82) is 0 Å². The molecule has 6 heteroatoms. The lowest BCUT2D eigenvalue weighted by atomic mass is 10.1. The third-order valence-corrected chi connectivity index (χ3v) is 2.94. The second-order valence-corrected chi connectivity index (χ2v) is 4.31. The molecule has 20 heavy (non-hydrogen) atoms. The van der Waals surface area contributed by atoms with Crippen LogP contribution in [-0.2, 0) is 4.79 Å². The van der Waals surface area contributed by atoms with Crippen LogP contribution in [0.3, 0.4) is 0 Å². The molecule has 2 N–H and O–H groups in total. The Kier molecular flexibility index (Phi) is 2.90. The molecule has 1 aliphatic heterocycles. The van der Waals surface area contributed by atoms with Crippen molar-refractivity contribution in [3.63, 3.8) is 0 Å². The Hall–Kier alpha value is -2.76. The summed E-state index contributed by atoms with van der Waals surface area (Å²) in [4.78, 5) is 25.0. The maximum Gasteiger partial charge on any atom is 0.328 e. The van der Waals surface area contributed by atoms with Gasteiger partial charge in [0, 0.05) is 23.1 Å². The van der Waals surface area contributed by atoms with Gasteiger partial charge in [-0.2, -0.15) is 0 Å². The standard InChI is InChI=1S/C14H11NO5/c16-13(17)2-1-8-5-9-6-11-12(20-4-3-19-11)7-10(9)15-14(8)18/h1-2,5-7H,3-4H2,(H,15,18)(H,16,17)/b2-1+. The number of pyridine rings is 1. The molecule has 0 amide bonds. The molecule has 2 heterocycles. The number of carboxylic acids is 1. The summed E-state index contributed by atoms with van der Waals surface area (Å²) in [7, 11) is 0. The molecule has 0 aliphatic carbocycles. The van der Waals surface area contributed by atoms with E-state index in [2.05, 4.69) is 4.98 Å². The van der Waals surface area contributed by atoms with Gasteiger partial charge in [0.15, 0.2) is 11.5 Å². The van der Waals surface area contributed by atoms with E-state index in [1.54, 1.807) is 18.2 Å². The zero-order valence-corrected chi connectivity index (χ0v) is 10.4. The summed E-state index contributed by atoms with van der Waals surface area (Å²) >= 11 is 0. The number of ether oxygens (including phenoxy) is 2. The van der Waals surface area contributed by atoms with Gasteiger partial charge in [-0.15, -0.1) is 0 Å². The van der Waals surface area contributed by atoms with Crippen LogP contribution in [0.25, 0.3) is 17.0 Å². The van der Waals surface area contributed by atoms with Gasteiger partial charge in [0.05, 0.1) is 5.52 Å². The molecular formula is C14H11NO5. The number of carboxylic acid groups (broad SMARTS) is 1. The highest BCUT2D eigenvalue weighted by Crippen LogP contribution is 2.33.